The third kappa shape index (κ3) is 2.29. The van der Waals surface area contributed by atoms with Crippen LogP contribution < -0.4 is 10.1 Å². The molecule has 2 heterocycles. The number of nitrogens with zero attached hydrogens (tertiary/aromatic N) is 2. The van der Waals surface area contributed by atoms with E-state index in [0.29, 0.717) is 35.3 Å². The van der Waals surface area contributed by atoms with Gasteiger partial charge >= 0.3 is 0 Å². The van der Waals surface area contributed by atoms with Crippen LogP contribution in [-0.4, -0.2) is 32.6 Å². The molecule has 5 rings (SSSR count). The van der Waals surface area contributed by atoms with Crippen LogP contribution in [0.3, 0.4) is 0 Å². The average molecular weight is 403 g/mol. The Kier molecular flexibility index (Phi) is 3.95. The van der Waals surface area contributed by atoms with Crippen molar-refractivity contribution in [3.8, 4) is 5.75 Å². The molecule has 30 heavy (non-hydrogen) atoms. The number of amides is 1. The molecular weight excluding hydrogens is 382 g/mol. The van der Waals surface area contributed by atoms with Crippen molar-refractivity contribution < 1.29 is 19.4 Å². The molecule has 1 fully saturated rings. The maximum absolute atomic E-state index is 13.7. The van der Waals surface area contributed by atoms with Crippen molar-refractivity contribution in [1.82, 2.24) is 15.3 Å². The predicted molar refractivity (Wildman–Crippen MR) is 108 cm³/mol. The Morgan fingerprint density at radius 3 is 2.77 bits per heavy atom. The van der Waals surface area contributed by atoms with Crippen molar-refractivity contribution in [3.63, 3.8) is 0 Å². The molecule has 7 heteroatoms. The second-order valence-electron chi connectivity index (χ2n) is 8.10. The molecule has 1 saturated carbocycles. The minimum absolute atomic E-state index is 0.0969. The van der Waals surface area contributed by atoms with Crippen molar-refractivity contribution in [1.29, 1.82) is 0 Å². The Morgan fingerprint density at radius 1 is 1.23 bits per heavy atom. The summed E-state index contributed by atoms with van der Waals surface area (Å²) in [4.78, 5) is 34.6. The number of aromatic nitrogens is 2. The third-order valence-corrected chi connectivity index (χ3v) is 6.06. The Balaban J connectivity index is 1.71. The molecule has 2 N–H and O–H groups in total. The standard InChI is InChI=1S/C23H21N3O4/c1-13(2)14-7-8-17-19(11-14)30-23(29)16-6-4-3-5-15(16)20(27)22(17,23)26-21(28)18-9-10-24-12-25-18/h5-13,29H,3-4H2,1-2H3,(H,26,28). The fraction of sp³-hybridized carbons (Fsp3) is 0.304. The second kappa shape index (κ2) is 6.34. The fourth-order valence-corrected chi connectivity index (χ4v) is 4.52. The number of hydrogen-bond donors (Lipinski definition) is 2. The van der Waals surface area contributed by atoms with Gasteiger partial charge in [0.05, 0.1) is 0 Å². The highest BCUT2D eigenvalue weighted by atomic mass is 16.6. The van der Waals surface area contributed by atoms with Gasteiger partial charge in [-0.05, 0) is 36.5 Å². The van der Waals surface area contributed by atoms with Crippen molar-refractivity contribution in [2.24, 2.45) is 0 Å². The van der Waals surface area contributed by atoms with Crippen LogP contribution in [0.4, 0.5) is 0 Å². The summed E-state index contributed by atoms with van der Waals surface area (Å²) in [5, 5.41) is 14.6. The van der Waals surface area contributed by atoms with E-state index < -0.39 is 17.2 Å². The fourth-order valence-electron chi connectivity index (χ4n) is 4.52. The first-order chi connectivity index (χ1) is 14.4. The number of fused-ring (bicyclic) bond motifs is 5. The van der Waals surface area contributed by atoms with Gasteiger partial charge < -0.3 is 15.2 Å². The Labute approximate surface area is 173 Å². The van der Waals surface area contributed by atoms with Crippen LogP contribution in [0.5, 0.6) is 5.75 Å². The number of benzene rings is 1. The van der Waals surface area contributed by atoms with Gasteiger partial charge in [-0.2, -0.15) is 0 Å². The first-order valence-corrected chi connectivity index (χ1v) is 9.99. The van der Waals surface area contributed by atoms with Gasteiger partial charge in [-0.15, -0.1) is 0 Å². The number of carbonyl (C=O) groups excluding carboxylic acids is 2. The lowest BCUT2D eigenvalue weighted by Crippen LogP contribution is -2.62. The van der Waals surface area contributed by atoms with Gasteiger partial charge in [-0.1, -0.05) is 38.1 Å². The smallest absolute Gasteiger partial charge is 0.271 e. The Hall–Kier alpha value is -3.32. The zero-order valence-electron chi connectivity index (χ0n) is 16.7. The molecule has 1 aromatic heterocycles. The summed E-state index contributed by atoms with van der Waals surface area (Å²) in [6.07, 6.45) is 7.70. The molecule has 2 aromatic rings. The molecule has 0 saturated heterocycles. The SMILES string of the molecule is CC(C)c1ccc2c(c1)OC1(O)C3=CCCC=C3C(=O)C21NC(=O)c1ccncn1. The highest BCUT2D eigenvalue weighted by Crippen LogP contribution is 2.58. The van der Waals surface area contributed by atoms with Gasteiger partial charge in [-0.25, -0.2) is 9.97 Å². The third-order valence-electron chi connectivity index (χ3n) is 6.06. The van der Waals surface area contributed by atoms with E-state index in [2.05, 4.69) is 29.1 Å². The molecule has 1 aromatic carbocycles. The van der Waals surface area contributed by atoms with Crippen LogP contribution in [0.1, 0.15) is 54.2 Å². The van der Waals surface area contributed by atoms with Crippen molar-refractivity contribution in [2.75, 3.05) is 0 Å². The highest BCUT2D eigenvalue weighted by molar-refractivity contribution is 6.15. The predicted octanol–water partition coefficient (Wildman–Crippen LogP) is 2.54. The van der Waals surface area contributed by atoms with Crippen LogP contribution in [0, 0.1) is 0 Å². The number of allylic oxidation sites excluding steroid dienone is 2. The summed E-state index contributed by atoms with van der Waals surface area (Å²) < 4.78 is 6.07. The monoisotopic (exact) mass is 403 g/mol. The summed E-state index contributed by atoms with van der Waals surface area (Å²) in [5.41, 5.74) is 0.574. The van der Waals surface area contributed by atoms with Crippen molar-refractivity contribution in [2.45, 2.75) is 43.9 Å². The van der Waals surface area contributed by atoms with Crippen molar-refractivity contribution in [3.05, 3.63) is 76.9 Å². The first-order valence-electron chi connectivity index (χ1n) is 9.99. The zero-order valence-corrected chi connectivity index (χ0v) is 16.7. The number of ether oxygens (including phenoxy) is 1. The minimum atomic E-state index is -2.02. The lowest BCUT2D eigenvalue weighted by Gasteiger charge is -2.34. The average Bonchev–Trinajstić information content (AvgIpc) is 3.11. The topological polar surface area (TPSA) is 101 Å². The first kappa shape index (κ1) is 18.7. The maximum Gasteiger partial charge on any atom is 0.271 e. The lowest BCUT2D eigenvalue weighted by molar-refractivity contribution is -0.152. The highest BCUT2D eigenvalue weighted by Gasteiger charge is 2.73. The van der Waals surface area contributed by atoms with E-state index in [4.69, 9.17) is 4.74 Å². The normalized spacial score (nSPS) is 26.3. The Bertz CT molecular complexity index is 1140. The maximum atomic E-state index is 13.7. The van der Waals surface area contributed by atoms with Crippen molar-refractivity contribution >= 4 is 11.7 Å². The molecule has 7 nitrogen and oxygen atoms in total. The number of carbonyl (C=O) groups is 2. The Morgan fingerprint density at radius 2 is 2.03 bits per heavy atom. The molecule has 0 spiro atoms. The van der Waals surface area contributed by atoms with Crippen LogP contribution in [0.2, 0.25) is 0 Å². The number of hydrogen-bond acceptors (Lipinski definition) is 6. The minimum Gasteiger partial charge on any atom is -0.454 e. The number of nitrogens with one attached hydrogen (secondary N) is 1. The van der Waals surface area contributed by atoms with Crippen LogP contribution in [0.25, 0.3) is 0 Å². The molecule has 0 bridgehead atoms. The summed E-state index contributed by atoms with van der Waals surface area (Å²) in [7, 11) is 0. The van der Waals surface area contributed by atoms with Gasteiger partial charge in [0.15, 0.2) is 5.78 Å². The number of Topliss-reactive ketones (excluding diaryl/α,β-unsaturated/α-hetero) is 1. The van der Waals surface area contributed by atoms with Crippen LogP contribution >= 0.6 is 0 Å². The molecular formula is C23H21N3O4. The second-order valence-corrected chi connectivity index (χ2v) is 8.10. The number of aliphatic hydroxyl groups is 1. The number of rotatable bonds is 3. The lowest BCUT2D eigenvalue weighted by atomic mass is 9.83. The molecule has 2 atom stereocenters. The van der Waals surface area contributed by atoms with E-state index in [0.717, 1.165) is 5.56 Å². The van der Waals surface area contributed by atoms with E-state index >= 15 is 0 Å². The molecule has 2 aliphatic carbocycles. The molecule has 0 radical (unpaired) electrons. The summed E-state index contributed by atoms with van der Waals surface area (Å²) in [6.45, 7) is 4.10. The van der Waals surface area contributed by atoms with Gasteiger partial charge in [0, 0.05) is 22.9 Å². The largest absolute Gasteiger partial charge is 0.454 e. The summed E-state index contributed by atoms with van der Waals surface area (Å²) >= 11 is 0. The van der Waals surface area contributed by atoms with Gasteiger partial charge in [0.25, 0.3) is 11.7 Å². The summed E-state index contributed by atoms with van der Waals surface area (Å²) in [6, 6.07) is 6.94. The zero-order chi connectivity index (χ0) is 21.1. The molecule has 152 valence electrons. The molecule has 1 aliphatic heterocycles. The van der Waals surface area contributed by atoms with E-state index in [-0.39, 0.29) is 17.4 Å². The molecule has 3 aliphatic rings. The van der Waals surface area contributed by atoms with E-state index in [1.54, 1.807) is 12.1 Å². The van der Waals surface area contributed by atoms with E-state index in [9.17, 15) is 14.7 Å². The van der Waals surface area contributed by atoms with Gasteiger partial charge in [0.2, 0.25) is 5.54 Å². The molecule has 2 unspecified atom stereocenters. The molecule has 1 amide bonds. The van der Waals surface area contributed by atoms with E-state index in [1.165, 1.54) is 18.6 Å². The van der Waals surface area contributed by atoms with Gasteiger partial charge in [0.1, 0.15) is 17.8 Å². The number of ketones is 1. The summed E-state index contributed by atoms with van der Waals surface area (Å²) in [5.74, 6) is -2.36. The van der Waals surface area contributed by atoms with E-state index in [1.807, 2.05) is 18.2 Å². The van der Waals surface area contributed by atoms with Crippen LogP contribution in [0.15, 0.2) is 60.1 Å². The van der Waals surface area contributed by atoms with Crippen LogP contribution in [-0.2, 0) is 10.3 Å². The quantitative estimate of drug-likeness (QED) is 0.817. The van der Waals surface area contributed by atoms with Gasteiger partial charge in [-0.3, -0.25) is 9.59 Å².